The van der Waals surface area contributed by atoms with Crippen LogP contribution < -0.4 is 10.5 Å². The Hall–Kier alpha value is -3.48. The van der Waals surface area contributed by atoms with Gasteiger partial charge in [0.25, 0.3) is 5.91 Å². The smallest absolute Gasteiger partial charge is 0.363 e. The van der Waals surface area contributed by atoms with Gasteiger partial charge in [-0.15, -0.1) is 0 Å². The third-order valence-electron chi connectivity index (χ3n) is 3.26. The molecule has 0 fully saturated rings. The molecule has 0 saturated carbocycles. The first-order valence-electron chi connectivity index (χ1n) is 7.31. The van der Waals surface area contributed by atoms with Gasteiger partial charge in [0.1, 0.15) is 11.6 Å². The van der Waals surface area contributed by atoms with Gasteiger partial charge in [-0.3, -0.25) is 4.79 Å². The average molecular weight is 340 g/mol. The Bertz CT molecular complexity index is 888. The fraction of sp³-hybridized carbons (Fsp3) is 0.0556. The number of esters is 1. The summed E-state index contributed by atoms with van der Waals surface area (Å²) in [4.78, 5) is 26.7. The van der Waals surface area contributed by atoms with Crippen LogP contribution in [0.15, 0.2) is 59.2 Å². The summed E-state index contributed by atoms with van der Waals surface area (Å²) in [6.07, 6.45) is 1.53. The Kier molecular flexibility index (Phi) is 4.56. The van der Waals surface area contributed by atoms with Crippen LogP contribution in [0, 0.1) is 5.82 Å². The van der Waals surface area contributed by atoms with Gasteiger partial charge in [0.05, 0.1) is 0 Å². The van der Waals surface area contributed by atoms with E-state index >= 15 is 0 Å². The number of benzene rings is 2. The second-order valence-electron chi connectivity index (χ2n) is 5.17. The van der Waals surface area contributed by atoms with E-state index in [4.69, 9.17) is 15.2 Å². The maximum Gasteiger partial charge on any atom is 0.363 e. The molecule has 1 aliphatic heterocycles. The van der Waals surface area contributed by atoms with Crippen molar-refractivity contribution in [2.75, 3.05) is 6.61 Å². The summed E-state index contributed by atoms with van der Waals surface area (Å²) >= 11 is 0. The van der Waals surface area contributed by atoms with E-state index in [1.165, 1.54) is 24.3 Å². The van der Waals surface area contributed by atoms with Gasteiger partial charge < -0.3 is 15.2 Å². The summed E-state index contributed by atoms with van der Waals surface area (Å²) < 4.78 is 23.5. The van der Waals surface area contributed by atoms with Gasteiger partial charge in [-0.1, -0.05) is 18.2 Å². The van der Waals surface area contributed by atoms with Crippen molar-refractivity contribution in [1.82, 2.24) is 0 Å². The van der Waals surface area contributed by atoms with Gasteiger partial charge in [-0.05, 0) is 42.0 Å². The zero-order chi connectivity index (χ0) is 17.8. The third kappa shape index (κ3) is 4.08. The first-order chi connectivity index (χ1) is 12.0. The molecule has 0 bridgehead atoms. The second kappa shape index (κ2) is 6.96. The molecular formula is C18H13FN2O4. The number of rotatable bonds is 5. The highest BCUT2D eigenvalue weighted by Gasteiger charge is 2.24. The van der Waals surface area contributed by atoms with Gasteiger partial charge in [0, 0.05) is 5.56 Å². The van der Waals surface area contributed by atoms with Gasteiger partial charge in [0.2, 0.25) is 5.90 Å². The Balaban J connectivity index is 1.78. The molecule has 1 amide bonds. The van der Waals surface area contributed by atoms with Crippen molar-refractivity contribution in [2.45, 2.75) is 0 Å². The highest BCUT2D eigenvalue weighted by Crippen LogP contribution is 2.21. The Morgan fingerprint density at radius 1 is 1.24 bits per heavy atom. The number of carbonyl (C=O) groups excluding carboxylic acids is 2. The Morgan fingerprint density at radius 3 is 2.68 bits per heavy atom. The highest BCUT2D eigenvalue weighted by molar-refractivity contribution is 6.12. The molecule has 0 unspecified atom stereocenters. The van der Waals surface area contributed by atoms with E-state index in [0.717, 1.165) is 0 Å². The van der Waals surface area contributed by atoms with Crippen LogP contribution in [0.4, 0.5) is 4.39 Å². The quantitative estimate of drug-likeness (QED) is 0.666. The van der Waals surface area contributed by atoms with E-state index < -0.39 is 17.7 Å². The number of nitrogens with zero attached hydrogens (tertiary/aromatic N) is 1. The average Bonchev–Trinajstić information content (AvgIpc) is 2.95. The molecule has 2 aromatic rings. The van der Waals surface area contributed by atoms with Gasteiger partial charge >= 0.3 is 5.97 Å². The van der Waals surface area contributed by atoms with E-state index in [-0.39, 0.29) is 18.2 Å². The van der Waals surface area contributed by atoms with Crippen LogP contribution >= 0.6 is 0 Å². The number of amides is 1. The lowest BCUT2D eigenvalue weighted by atomic mass is 10.2. The molecule has 0 saturated heterocycles. The molecule has 3 rings (SSSR count). The molecule has 1 heterocycles. The predicted molar refractivity (Wildman–Crippen MR) is 88.1 cm³/mol. The first-order valence-corrected chi connectivity index (χ1v) is 7.31. The lowest BCUT2D eigenvalue weighted by Gasteiger charge is -2.03. The molecule has 0 spiro atoms. The second-order valence-corrected chi connectivity index (χ2v) is 5.17. The minimum Gasteiger partial charge on any atom is -0.484 e. The maximum atomic E-state index is 13.3. The number of hydrogen-bond acceptors (Lipinski definition) is 5. The van der Waals surface area contributed by atoms with Crippen molar-refractivity contribution in [2.24, 2.45) is 10.7 Å². The van der Waals surface area contributed by atoms with Crippen molar-refractivity contribution >= 4 is 23.9 Å². The fourth-order valence-electron chi connectivity index (χ4n) is 2.13. The van der Waals surface area contributed by atoms with E-state index in [9.17, 15) is 14.0 Å². The van der Waals surface area contributed by atoms with E-state index in [2.05, 4.69) is 4.99 Å². The number of hydrogen-bond donors (Lipinski definition) is 1. The lowest BCUT2D eigenvalue weighted by Crippen LogP contribution is -2.19. The molecular weight excluding hydrogens is 327 g/mol. The fourth-order valence-corrected chi connectivity index (χ4v) is 2.13. The minimum atomic E-state index is -0.617. The van der Waals surface area contributed by atoms with Gasteiger partial charge in [0.15, 0.2) is 12.3 Å². The normalized spacial score (nSPS) is 15.0. The molecule has 6 nitrogen and oxygen atoms in total. The van der Waals surface area contributed by atoms with Crippen LogP contribution in [0.3, 0.4) is 0 Å². The number of primary amides is 1. The first kappa shape index (κ1) is 16.4. The number of aliphatic imine (C=N–C) groups is 1. The standard InChI is InChI=1S/C18H13FN2O4/c19-13-3-1-2-12(9-13)17-21-15(18(23)25-17)8-11-4-6-14(7-5-11)24-10-16(20)22/h1-9H,10H2,(H2,20,22). The predicted octanol–water partition coefficient (Wildman–Crippen LogP) is 2.03. The third-order valence-corrected chi connectivity index (χ3v) is 3.26. The largest absolute Gasteiger partial charge is 0.484 e. The molecule has 126 valence electrons. The van der Waals surface area contributed by atoms with E-state index in [1.807, 2.05) is 0 Å². The zero-order valence-corrected chi connectivity index (χ0v) is 12.9. The van der Waals surface area contributed by atoms with Crippen molar-refractivity contribution < 1.29 is 23.5 Å². The number of ether oxygens (including phenoxy) is 2. The number of nitrogens with two attached hydrogens (primary N) is 1. The van der Waals surface area contributed by atoms with Crippen LogP contribution in [0.25, 0.3) is 6.08 Å². The molecule has 7 heteroatoms. The topological polar surface area (TPSA) is 91.0 Å². The van der Waals surface area contributed by atoms with Crippen LogP contribution in [-0.2, 0) is 14.3 Å². The SMILES string of the molecule is NC(=O)COc1ccc(C=C2N=C(c3cccc(F)c3)OC2=O)cc1. The number of carbonyl (C=O) groups is 2. The van der Waals surface area contributed by atoms with Gasteiger partial charge in [-0.25, -0.2) is 14.2 Å². The molecule has 2 aromatic carbocycles. The summed E-state index contributed by atoms with van der Waals surface area (Å²) in [6.45, 7) is -0.214. The van der Waals surface area contributed by atoms with E-state index in [1.54, 1.807) is 30.3 Å². The summed E-state index contributed by atoms with van der Waals surface area (Å²) in [5.41, 5.74) is 6.17. The van der Waals surface area contributed by atoms with Crippen molar-refractivity contribution in [1.29, 1.82) is 0 Å². The summed E-state index contributed by atoms with van der Waals surface area (Å²) in [7, 11) is 0. The lowest BCUT2D eigenvalue weighted by molar-refractivity contribution is -0.130. The van der Waals surface area contributed by atoms with Crippen LogP contribution in [0.5, 0.6) is 5.75 Å². The molecule has 0 aliphatic carbocycles. The summed E-state index contributed by atoms with van der Waals surface area (Å²) in [6, 6.07) is 12.3. The monoisotopic (exact) mass is 340 g/mol. The molecule has 0 radical (unpaired) electrons. The minimum absolute atomic E-state index is 0.0529. The van der Waals surface area contributed by atoms with Crippen molar-refractivity contribution in [3.8, 4) is 5.75 Å². The van der Waals surface area contributed by atoms with Crippen molar-refractivity contribution in [3.63, 3.8) is 0 Å². The van der Waals surface area contributed by atoms with Crippen molar-refractivity contribution in [3.05, 3.63) is 71.2 Å². The molecule has 2 N–H and O–H groups in total. The molecule has 25 heavy (non-hydrogen) atoms. The van der Waals surface area contributed by atoms with Crippen LogP contribution in [0.2, 0.25) is 0 Å². The Morgan fingerprint density at radius 2 is 2.00 bits per heavy atom. The summed E-state index contributed by atoms with van der Waals surface area (Å²) in [5.74, 6) is -1.11. The molecule has 1 aliphatic rings. The highest BCUT2D eigenvalue weighted by atomic mass is 19.1. The Labute approximate surface area is 142 Å². The summed E-state index contributed by atoms with van der Waals surface area (Å²) in [5, 5.41) is 0. The van der Waals surface area contributed by atoms with Gasteiger partial charge in [-0.2, -0.15) is 0 Å². The zero-order valence-electron chi connectivity index (χ0n) is 12.9. The molecule has 0 aromatic heterocycles. The molecule has 0 atom stereocenters. The van der Waals surface area contributed by atoms with Crippen LogP contribution in [-0.4, -0.2) is 24.4 Å². The number of halogens is 1. The van der Waals surface area contributed by atoms with E-state index in [0.29, 0.717) is 16.9 Å². The number of cyclic esters (lactones) is 1. The maximum absolute atomic E-state index is 13.3. The van der Waals surface area contributed by atoms with Crippen LogP contribution in [0.1, 0.15) is 11.1 Å².